The van der Waals surface area contributed by atoms with Crippen LogP contribution in [0.2, 0.25) is 0 Å². The summed E-state index contributed by atoms with van der Waals surface area (Å²) in [6, 6.07) is 2.83. The van der Waals surface area contributed by atoms with E-state index < -0.39 is 0 Å². The minimum Gasteiger partial charge on any atom is -0.474 e. The molecular formula is C17H25BrN2O. The average Bonchev–Trinajstić information content (AvgIpc) is 3.27. The lowest BCUT2D eigenvalue weighted by Crippen LogP contribution is -2.29. The van der Waals surface area contributed by atoms with Crippen molar-refractivity contribution in [3.8, 4) is 5.88 Å². The van der Waals surface area contributed by atoms with Crippen LogP contribution in [-0.2, 0) is 6.54 Å². The first-order chi connectivity index (χ1) is 10.1. The molecule has 1 aromatic heterocycles. The summed E-state index contributed by atoms with van der Waals surface area (Å²) < 4.78 is 7.26. The van der Waals surface area contributed by atoms with Crippen molar-refractivity contribution < 1.29 is 4.74 Å². The van der Waals surface area contributed by atoms with Crippen molar-refractivity contribution in [2.45, 2.75) is 64.6 Å². The molecule has 2 aliphatic rings. The van der Waals surface area contributed by atoms with Gasteiger partial charge in [0.1, 0.15) is 6.10 Å². The Labute approximate surface area is 136 Å². The van der Waals surface area contributed by atoms with Crippen LogP contribution in [0.1, 0.15) is 51.5 Å². The summed E-state index contributed by atoms with van der Waals surface area (Å²) in [5.74, 6) is 2.38. The van der Waals surface area contributed by atoms with E-state index in [1.807, 2.05) is 6.20 Å². The molecule has 4 heteroatoms. The van der Waals surface area contributed by atoms with Crippen molar-refractivity contribution in [3.63, 3.8) is 0 Å². The first-order valence-corrected chi connectivity index (χ1v) is 8.95. The van der Waals surface area contributed by atoms with Gasteiger partial charge in [-0.2, -0.15) is 0 Å². The van der Waals surface area contributed by atoms with Gasteiger partial charge in [-0.15, -0.1) is 0 Å². The molecule has 0 bridgehead atoms. The predicted molar refractivity (Wildman–Crippen MR) is 88.4 cm³/mol. The van der Waals surface area contributed by atoms with Gasteiger partial charge in [-0.25, -0.2) is 4.98 Å². The van der Waals surface area contributed by atoms with Crippen LogP contribution in [0.3, 0.4) is 0 Å². The van der Waals surface area contributed by atoms with Crippen molar-refractivity contribution in [1.29, 1.82) is 0 Å². The fourth-order valence-electron chi connectivity index (χ4n) is 3.01. The van der Waals surface area contributed by atoms with E-state index in [9.17, 15) is 0 Å². The second-order valence-electron chi connectivity index (χ2n) is 6.78. The molecule has 3 rings (SSSR count). The van der Waals surface area contributed by atoms with Crippen LogP contribution in [0.15, 0.2) is 16.7 Å². The van der Waals surface area contributed by atoms with Gasteiger partial charge in [0.15, 0.2) is 0 Å². The van der Waals surface area contributed by atoms with Gasteiger partial charge in [-0.3, -0.25) is 0 Å². The molecule has 0 saturated heterocycles. The number of halogens is 1. The Bertz CT molecular complexity index is 490. The molecule has 3 atom stereocenters. The maximum Gasteiger partial charge on any atom is 0.218 e. The summed E-state index contributed by atoms with van der Waals surface area (Å²) in [6.45, 7) is 5.54. The lowest BCUT2D eigenvalue weighted by atomic mass is 9.80. The summed E-state index contributed by atoms with van der Waals surface area (Å²) in [6.07, 6.45) is 8.32. The Morgan fingerprint density at radius 2 is 2.05 bits per heavy atom. The second-order valence-corrected chi connectivity index (χ2v) is 7.70. The summed E-state index contributed by atoms with van der Waals surface area (Å²) >= 11 is 3.52. The molecule has 1 N–H and O–H groups in total. The number of nitrogens with one attached hydrogen (secondary N) is 1. The van der Waals surface area contributed by atoms with E-state index in [2.05, 4.69) is 46.1 Å². The van der Waals surface area contributed by atoms with Crippen molar-refractivity contribution in [1.82, 2.24) is 10.3 Å². The lowest BCUT2D eigenvalue weighted by Gasteiger charge is -2.32. The van der Waals surface area contributed by atoms with Gasteiger partial charge in [-0.05, 0) is 65.9 Å². The number of pyridine rings is 1. The minimum atomic E-state index is 0.324. The predicted octanol–water partition coefficient (Wildman–Crippen LogP) is 4.30. The van der Waals surface area contributed by atoms with E-state index in [-0.39, 0.29) is 0 Å². The van der Waals surface area contributed by atoms with Gasteiger partial charge in [-0.1, -0.05) is 13.8 Å². The summed E-state index contributed by atoms with van der Waals surface area (Å²) in [5, 5.41) is 3.55. The Morgan fingerprint density at radius 1 is 1.24 bits per heavy atom. The topological polar surface area (TPSA) is 34.1 Å². The number of rotatable bonds is 5. The highest BCUT2D eigenvalue weighted by atomic mass is 79.9. The smallest absolute Gasteiger partial charge is 0.218 e. The zero-order valence-electron chi connectivity index (χ0n) is 12.9. The summed E-state index contributed by atoms with van der Waals surface area (Å²) in [7, 11) is 0. The van der Waals surface area contributed by atoms with Gasteiger partial charge in [0.05, 0.1) is 0 Å². The van der Waals surface area contributed by atoms with Crippen LogP contribution in [0.25, 0.3) is 0 Å². The fourth-order valence-corrected chi connectivity index (χ4v) is 3.38. The maximum atomic E-state index is 6.24. The molecule has 0 aromatic carbocycles. The first-order valence-electron chi connectivity index (χ1n) is 8.16. The number of hydrogen-bond acceptors (Lipinski definition) is 3. The number of nitrogens with zero attached hydrogens (tertiary/aromatic N) is 1. The second kappa shape index (κ2) is 6.66. The molecule has 2 saturated carbocycles. The third kappa shape index (κ3) is 4.19. The van der Waals surface area contributed by atoms with Gasteiger partial charge < -0.3 is 10.1 Å². The van der Waals surface area contributed by atoms with E-state index in [1.165, 1.54) is 24.8 Å². The molecule has 21 heavy (non-hydrogen) atoms. The van der Waals surface area contributed by atoms with E-state index in [0.29, 0.717) is 12.1 Å². The summed E-state index contributed by atoms with van der Waals surface area (Å²) in [4.78, 5) is 4.51. The quantitative estimate of drug-likeness (QED) is 0.857. The Balaban J connectivity index is 1.65. The SMILES string of the molecule is CC1CCC(Oc2ncc(Br)cc2CNC2CC2)CC1C. The Morgan fingerprint density at radius 3 is 2.76 bits per heavy atom. The van der Waals surface area contributed by atoms with Crippen LogP contribution >= 0.6 is 15.9 Å². The Hall–Kier alpha value is -0.610. The van der Waals surface area contributed by atoms with Crippen LogP contribution in [0.4, 0.5) is 0 Å². The van der Waals surface area contributed by atoms with Crippen LogP contribution < -0.4 is 10.1 Å². The lowest BCUT2D eigenvalue weighted by molar-refractivity contribution is 0.0953. The molecule has 0 spiro atoms. The molecule has 0 radical (unpaired) electrons. The van der Waals surface area contributed by atoms with E-state index in [4.69, 9.17) is 4.74 Å². The molecule has 1 heterocycles. The summed E-state index contributed by atoms with van der Waals surface area (Å²) in [5.41, 5.74) is 1.17. The first kappa shape index (κ1) is 15.3. The highest BCUT2D eigenvalue weighted by molar-refractivity contribution is 9.10. The van der Waals surface area contributed by atoms with E-state index >= 15 is 0 Å². The maximum absolute atomic E-state index is 6.24. The Kier molecular flexibility index (Phi) is 4.85. The molecule has 2 aliphatic carbocycles. The van der Waals surface area contributed by atoms with Crippen molar-refractivity contribution in [2.75, 3.05) is 0 Å². The molecule has 3 nitrogen and oxygen atoms in total. The van der Waals surface area contributed by atoms with E-state index in [0.717, 1.165) is 41.6 Å². The molecular weight excluding hydrogens is 328 g/mol. The average molecular weight is 353 g/mol. The molecule has 116 valence electrons. The monoisotopic (exact) mass is 352 g/mol. The van der Waals surface area contributed by atoms with E-state index in [1.54, 1.807) is 0 Å². The van der Waals surface area contributed by atoms with Gasteiger partial charge in [0.2, 0.25) is 5.88 Å². The standard InChI is InChI=1S/C17H25BrN2O/c1-11-3-6-16(7-12(11)2)21-17-13(8-14(18)10-20-17)9-19-15-4-5-15/h8,10-12,15-16,19H,3-7,9H2,1-2H3. The zero-order valence-corrected chi connectivity index (χ0v) is 14.5. The van der Waals surface area contributed by atoms with Crippen molar-refractivity contribution >= 4 is 15.9 Å². The highest BCUT2D eigenvalue weighted by Crippen LogP contribution is 2.32. The van der Waals surface area contributed by atoms with Crippen LogP contribution in [0.5, 0.6) is 5.88 Å². The molecule has 1 aromatic rings. The zero-order chi connectivity index (χ0) is 14.8. The molecule has 0 aliphatic heterocycles. The van der Waals surface area contributed by atoms with Crippen molar-refractivity contribution in [2.24, 2.45) is 11.8 Å². The number of ether oxygens (including phenoxy) is 1. The van der Waals surface area contributed by atoms with Crippen LogP contribution in [0, 0.1) is 11.8 Å². The van der Waals surface area contributed by atoms with Gasteiger partial charge in [0, 0.05) is 28.8 Å². The molecule has 0 amide bonds. The third-order valence-electron chi connectivity index (χ3n) is 4.88. The third-order valence-corrected chi connectivity index (χ3v) is 5.31. The number of aromatic nitrogens is 1. The van der Waals surface area contributed by atoms with Crippen LogP contribution in [-0.4, -0.2) is 17.1 Å². The molecule has 3 unspecified atom stereocenters. The largest absolute Gasteiger partial charge is 0.474 e. The fraction of sp³-hybridized carbons (Fsp3) is 0.706. The van der Waals surface area contributed by atoms with Gasteiger partial charge in [0.25, 0.3) is 0 Å². The minimum absolute atomic E-state index is 0.324. The number of hydrogen-bond donors (Lipinski definition) is 1. The highest BCUT2D eigenvalue weighted by Gasteiger charge is 2.27. The van der Waals surface area contributed by atoms with Gasteiger partial charge >= 0.3 is 0 Å². The molecule has 2 fully saturated rings. The normalized spacial score (nSPS) is 29.4. The van der Waals surface area contributed by atoms with Crippen molar-refractivity contribution in [3.05, 3.63) is 22.3 Å².